The Hall–Kier alpha value is -3.26. The van der Waals surface area contributed by atoms with E-state index < -0.39 is 17.8 Å². The Balaban J connectivity index is 1.89. The smallest absolute Gasteiger partial charge is 0.418 e. The molecule has 0 aliphatic carbocycles. The lowest BCUT2D eigenvalue weighted by molar-refractivity contribution is -0.138. The second-order valence-corrected chi connectivity index (χ2v) is 6.63. The van der Waals surface area contributed by atoms with Crippen molar-refractivity contribution in [2.75, 3.05) is 13.7 Å². The molecule has 0 saturated carbocycles. The van der Waals surface area contributed by atoms with Crippen LogP contribution in [0.1, 0.15) is 29.8 Å². The largest absolute Gasteiger partial charge is 0.493 e. The van der Waals surface area contributed by atoms with Crippen molar-refractivity contribution in [2.24, 2.45) is 0 Å². The molecule has 0 amide bonds. The van der Waals surface area contributed by atoms with Crippen LogP contribution in [-0.2, 0) is 6.18 Å². The number of halogens is 3. The van der Waals surface area contributed by atoms with Gasteiger partial charge in [0.1, 0.15) is 11.9 Å². The lowest BCUT2D eigenvalue weighted by Crippen LogP contribution is -2.16. The lowest BCUT2D eigenvalue weighted by Gasteiger charge is -2.26. The Morgan fingerprint density at radius 1 is 1.17 bits per heavy atom. The summed E-state index contributed by atoms with van der Waals surface area (Å²) in [4.78, 5) is 3.87. The number of methoxy groups -OCH3 is 1. The quantitative estimate of drug-likeness (QED) is 0.638. The van der Waals surface area contributed by atoms with Gasteiger partial charge in [-0.1, -0.05) is 6.07 Å². The average molecular weight is 417 g/mol. The molecule has 0 saturated heterocycles. The number of alkyl halides is 3. The van der Waals surface area contributed by atoms with E-state index in [0.29, 0.717) is 34.8 Å². The molecule has 1 atom stereocenters. The molecule has 30 heavy (non-hydrogen) atoms. The number of aliphatic hydroxyl groups excluding tert-OH is 1. The summed E-state index contributed by atoms with van der Waals surface area (Å²) in [6, 6.07) is 8.98. The fourth-order valence-corrected chi connectivity index (χ4v) is 3.54. The SMILES string of the molecule is CCOc1cc2c3c(ccc2cc1OC)OC=C(c1ncccc1C(F)(F)F)C3O. The van der Waals surface area contributed by atoms with Gasteiger partial charge in [0, 0.05) is 17.3 Å². The maximum atomic E-state index is 13.5. The number of rotatable bonds is 4. The van der Waals surface area contributed by atoms with Crippen LogP contribution in [-0.4, -0.2) is 23.8 Å². The van der Waals surface area contributed by atoms with Gasteiger partial charge < -0.3 is 19.3 Å². The lowest BCUT2D eigenvalue weighted by atomic mass is 9.90. The maximum absolute atomic E-state index is 13.5. The van der Waals surface area contributed by atoms with Crippen LogP contribution in [0, 0.1) is 0 Å². The van der Waals surface area contributed by atoms with E-state index in [-0.39, 0.29) is 11.3 Å². The summed E-state index contributed by atoms with van der Waals surface area (Å²) in [5.74, 6) is 1.31. The summed E-state index contributed by atoms with van der Waals surface area (Å²) in [5.41, 5.74) is -1.05. The first-order valence-electron chi connectivity index (χ1n) is 9.20. The molecule has 1 aromatic heterocycles. The predicted molar refractivity (Wildman–Crippen MR) is 104 cm³/mol. The average Bonchev–Trinajstić information content (AvgIpc) is 2.73. The van der Waals surface area contributed by atoms with Crippen molar-refractivity contribution >= 4 is 16.3 Å². The van der Waals surface area contributed by atoms with Gasteiger partial charge in [-0.25, -0.2) is 0 Å². The molecule has 0 radical (unpaired) electrons. The molecule has 8 heteroatoms. The minimum absolute atomic E-state index is 0.0725. The van der Waals surface area contributed by atoms with Crippen LogP contribution >= 0.6 is 0 Å². The molecule has 2 aromatic carbocycles. The van der Waals surface area contributed by atoms with Crippen molar-refractivity contribution in [1.29, 1.82) is 0 Å². The molecule has 4 rings (SSSR count). The number of fused-ring (bicyclic) bond motifs is 3. The van der Waals surface area contributed by atoms with Crippen molar-refractivity contribution in [3.8, 4) is 17.2 Å². The minimum Gasteiger partial charge on any atom is -0.493 e. The summed E-state index contributed by atoms with van der Waals surface area (Å²) < 4.78 is 57.0. The monoisotopic (exact) mass is 417 g/mol. The van der Waals surface area contributed by atoms with Gasteiger partial charge in [0.15, 0.2) is 11.5 Å². The van der Waals surface area contributed by atoms with Crippen LogP contribution in [0.2, 0.25) is 0 Å². The highest BCUT2D eigenvalue weighted by molar-refractivity contribution is 5.93. The van der Waals surface area contributed by atoms with E-state index in [1.54, 1.807) is 24.3 Å². The van der Waals surface area contributed by atoms with Gasteiger partial charge in [-0.05, 0) is 48.0 Å². The number of aromatic nitrogens is 1. The second kappa shape index (κ2) is 7.53. The first-order chi connectivity index (χ1) is 14.3. The first-order valence-corrected chi connectivity index (χ1v) is 9.20. The molecule has 3 aromatic rings. The fraction of sp³-hybridized carbons (Fsp3) is 0.227. The van der Waals surface area contributed by atoms with Crippen LogP contribution in [0.3, 0.4) is 0 Å². The number of aliphatic hydroxyl groups is 1. The summed E-state index contributed by atoms with van der Waals surface area (Å²) in [7, 11) is 1.51. The molecule has 5 nitrogen and oxygen atoms in total. The van der Waals surface area contributed by atoms with E-state index in [2.05, 4.69) is 4.98 Å². The molecule has 156 valence electrons. The zero-order chi connectivity index (χ0) is 21.5. The molecule has 1 aliphatic rings. The van der Waals surface area contributed by atoms with E-state index in [0.717, 1.165) is 17.7 Å². The Bertz CT molecular complexity index is 1140. The van der Waals surface area contributed by atoms with Crippen LogP contribution in [0.25, 0.3) is 16.3 Å². The molecule has 1 N–H and O–H groups in total. The number of benzene rings is 2. The van der Waals surface area contributed by atoms with Crippen LogP contribution in [0.15, 0.2) is 48.9 Å². The van der Waals surface area contributed by atoms with Gasteiger partial charge in [0.25, 0.3) is 0 Å². The number of hydrogen-bond acceptors (Lipinski definition) is 5. The molecule has 0 spiro atoms. The minimum atomic E-state index is -4.63. The molecule has 0 bridgehead atoms. The van der Waals surface area contributed by atoms with E-state index in [1.165, 1.54) is 19.4 Å². The van der Waals surface area contributed by atoms with Crippen molar-refractivity contribution in [1.82, 2.24) is 4.98 Å². The molecule has 1 unspecified atom stereocenters. The van der Waals surface area contributed by atoms with Crippen molar-refractivity contribution in [2.45, 2.75) is 19.2 Å². The van der Waals surface area contributed by atoms with E-state index in [4.69, 9.17) is 14.2 Å². The van der Waals surface area contributed by atoms with Gasteiger partial charge >= 0.3 is 6.18 Å². The predicted octanol–water partition coefficient (Wildman–Crippen LogP) is 5.13. The number of nitrogens with zero attached hydrogens (tertiary/aromatic N) is 1. The molecule has 1 aliphatic heterocycles. The van der Waals surface area contributed by atoms with Crippen molar-refractivity contribution in [3.05, 3.63) is 65.7 Å². The Labute approximate surface area is 170 Å². The number of hydrogen-bond donors (Lipinski definition) is 1. The second-order valence-electron chi connectivity index (χ2n) is 6.63. The number of ether oxygens (including phenoxy) is 3. The summed E-state index contributed by atoms with van der Waals surface area (Å²) in [5, 5.41) is 12.4. The summed E-state index contributed by atoms with van der Waals surface area (Å²) in [6.45, 7) is 2.21. The third kappa shape index (κ3) is 3.33. The van der Waals surface area contributed by atoms with Crippen LogP contribution < -0.4 is 14.2 Å². The zero-order valence-corrected chi connectivity index (χ0v) is 16.2. The Kier molecular flexibility index (Phi) is 5.03. The molecular weight excluding hydrogens is 399 g/mol. The third-order valence-electron chi connectivity index (χ3n) is 4.87. The van der Waals surface area contributed by atoms with Crippen molar-refractivity contribution in [3.63, 3.8) is 0 Å². The van der Waals surface area contributed by atoms with E-state index in [9.17, 15) is 18.3 Å². The maximum Gasteiger partial charge on any atom is 0.418 e. The number of pyridine rings is 1. The molecule has 0 fully saturated rings. The molecular formula is C22H18F3NO4. The zero-order valence-electron chi connectivity index (χ0n) is 16.2. The van der Waals surface area contributed by atoms with Gasteiger partial charge in [-0.3, -0.25) is 4.98 Å². The Morgan fingerprint density at radius 2 is 1.97 bits per heavy atom. The fourth-order valence-electron chi connectivity index (χ4n) is 3.54. The highest BCUT2D eigenvalue weighted by Gasteiger charge is 2.38. The highest BCUT2D eigenvalue weighted by atomic mass is 19.4. The third-order valence-corrected chi connectivity index (χ3v) is 4.87. The van der Waals surface area contributed by atoms with Gasteiger partial charge in [0.2, 0.25) is 0 Å². The van der Waals surface area contributed by atoms with Crippen LogP contribution in [0.4, 0.5) is 13.2 Å². The van der Waals surface area contributed by atoms with E-state index >= 15 is 0 Å². The van der Waals surface area contributed by atoms with Crippen LogP contribution in [0.5, 0.6) is 17.2 Å². The van der Waals surface area contributed by atoms with Gasteiger partial charge in [0.05, 0.1) is 31.2 Å². The topological polar surface area (TPSA) is 60.8 Å². The van der Waals surface area contributed by atoms with E-state index in [1.807, 2.05) is 6.92 Å². The summed E-state index contributed by atoms with van der Waals surface area (Å²) >= 11 is 0. The standard InChI is InChI=1S/C22H18F3NO4/c1-3-29-18-10-13-12(9-17(18)28-2)6-7-16-19(13)21(27)14(11-30-16)20-15(22(23,24)25)5-4-8-26-20/h4-11,21,27H,3H2,1-2H3. The first kappa shape index (κ1) is 20.0. The normalized spacial score (nSPS) is 15.9. The van der Waals surface area contributed by atoms with Gasteiger partial charge in [-0.2, -0.15) is 13.2 Å². The van der Waals surface area contributed by atoms with Gasteiger partial charge in [-0.15, -0.1) is 0 Å². The Morgan fingerprint density at radius 3 is 2.67 bits per heavy atom. The summed E-state index contributed by atoms with van der Waals surface area (Å²) in [6.07, 6.45) is -3.65. The molecule has 2 heterocycles. The van der Waals surface area contributed by atoms with Crippen molar-refractivity contribution < 1.29 is 32.5 Å². The highest BCUT2D eigenvalue weighted by Crippen LogP contribution is 2.47.